The van der Waals surface area contributed by atoms with Gasteiger partial charge in [-0.25, -0.2) is 4.39 Å². The third-order valence-electron chi connectivity index (χ3n) is 2.22. The van der Waals surface area contributed by atoms with Gasteiger partial charge >= 0.3 is 0 Å². The van der Waals surface area contributed by atoms with Crippen molar-refractivity contribution in [1.29, 1.82) is 0 Å². The molecule has 0 saturated carbocycles. The number of benzene rings is 1. The van der Waals surface area contributed by atoms with E-state index in [1.807, 2.05) is 6.92 Å². The van der Waals surface area contributed by atoms with Crippen molar-refractivity contribution >= 4 is 0 Å². The molecule has 84 valence electrons. The molecule has 0 fully saturated rings. The first-order valence-corrected chi connectivity index (χ1v) is 5.33. The standard InChI is InChI=1S/C12H18FNO/c1-3-4-7-15-12-8-10(13)5-6-11(12)9(2)14/h5-6,8-9H,3-4,7,14H2,1-2H3/t9-/m1/s1. The Kier molecular flexibility index (Phi) is 4.56. The maximum Gasteiger partial charge on any atom is 0.126 e. The SMILES string of the molecule is CCCCOc1cc(F)ccc1[C@@H](C)N. The third kappa shape index (κ3) is 3.51. The van der Waals surface area contributed by atoms with Gasteiger partial charge in [0, 0.05) is 17.7 Å². The van der Waals surface area contributed by atoms with Crippen LogP contribution in [0.25, 0.3) is 0 Å². The van der Waals surface area contributed by atoms with Crippen molar-refractivity contribution in [3.05, 3.63) is 29.6 Å². The Balaban J connectivity index is 2.77. The summed E-state index contributed by atoms with van der Waals surface area (Å²) in [5, 5.41) is 0. The highest BCUT2D eigenvalue weighted by molar-refractivity contribution is 5.36. The van der Waals surface area contributed by atoms with Crippen LogP contribution in [0.2, 0.25) is 0 Å². The van der Waals surface area contributed by atoms with Gasteiger partial charge in [0.2, 0.25) is 0 Å². The van der Waals surface area contributed by atoms with Crippen LogP contribution in [0.15, 0.2) is 18.2 Å². The van der Waals surface area contributed by atoms with E-state index in [1.54, 1.807) is 6.07 Å². The number of nitrogens with two attached hydrogens (primary N) is 1. The summed E-state index contributed by atoms with van der Waals surface area (Å²) < 4.78 is 18.5. The van der Waals surface area contributed by atoms with Crippen LogP contribution in [0, 0.1) is 5.82 Å². The molecular formula is C12H18FNO. The van der Waals surface area contributed by atoms with Crippen molar-refractivity contribution in [2.75, 3.05) is 6.61 Å². The summed E-state index contributed by atoms with van der Waals surface area (Å²) in [5.74, 6) is 0.282. The minimum absolute atomic E-state index is 0.137. The van der Waals surface area contributed by atoms with Gasteiger partial charge in [0.25, 0.3) is 0 Å². The summed E-state index contributed by atoms with van der Waals surface area (Å²) >= 11 is 0. The van der Waals surface area contributed by atoms with E-state index < -0.39 is 0 Å². The molecule has 0 aliphatic carbocycles. The number of ether oxygens (including phenoxy) is 1. The van der Waals surface area contributed by atoms with Crippen LogP contribution in [0.1, 0.15) is 38.3 Å². The Labute approximate surface area is 90.2 Å². The Morgan fingerprint density at radius 3 is 2.80 bits per heavy atom. The van der Waals surface area contributed by atoms with Gasteiger partial charge in [0.05, 0.1) is 6.61 Å². The molecule has 0 radical (unpaired) electrons. The van der Waals surface area contributed by atoms with Gasteiger partial charge in [-0.05, 0) is 19.4 Å². The van der Waals surface area contributed by atoms with Gasteiger partial charge in [-0.15, -0.1) is 0 Å². The topological polar surface area (TPSA) is 35.2 Å². The first-order valence-electron chi connectivity index (χ1n) is 5.33. The van der Waals surface area contributed by atoms with E-state index in [-0.39, 0.29) is 11.9 Å². The molecule has 0 spiro atoms. The minimum Gasteiger partial charge on any atom is -0.493 e. The summed E-state index contributed by atoms with van der Waals surface area (Å²) in [6.45, 7) is 4.56. The lowest BCUT2D eigenvalue weighted by molar-refractivity contribution is 0.303. The number of halogens is 1. The van der Waals surface area contributed by atoms with Crippen molar-refractivity contribution in [3.63, 3.8) is 0 Å². The van der Waals surface area contributed by atoms with Crippen LogP contribution in [0.3, 0.4) is 0 Å². The van der Waals surface area contributed by atoms with Crippen LogP contribution in [0.4, 0.5) is 4.39 Å². The van der Waals surface area contributed by atoms with Crippen LogP contribution in [-0.2, 0) is 0 Å². The first kappa shape index (κ1) is 12.0. The fourth-order valence-corrected chi connectivity index (χ4v) is 1.34. The molecule has 15 heavy (non-hydrogen) atoms. The third-order valence-corrected chi connectivity index (χ3v) is 2.22. The highest BCUT2D eigenvalue weighted by Crippen LogP contribution is 2.24. The number of hydrogen-bond donors (Lipinski definition) is 1. The summed E-state index contributed by atoms with van der Waals surface area (Å²) in [4.78, 5) is 0. The largest absolute Gasteiger partial charge is 0.493 e. The van der Waals surface area contributed by atoms with E-state index in [0.717, 1.165) is 18.4 Å². The van der Waals surface area contributed by atoms with Gasteiger partial charge < -0.3 is 10.5 Å². The quantitative estimate of drug-likeness (QED) is 0.760. The van der Waals surface area contributed by atoms with Crippen molar-refractivity contribution in [3.8, 4) is 5.75 Å². The minimum atomic E-state index is -0.286. The molecule has 0 bridgehead atoms. The van der Waals surface area contributed by atoms with E-state index in [1.165, 1.54) is 12.1 Å². The van der Waals surface area contributed by atoms with Gasteiger partial charge in [-0.2, -0.15) is 0 Å². The molecule has 0 unspecified atom stereocenters. The molecule has 3 heteroatoms. The van der Waals surface area contributed by atoms with Gasteiger partial charge in [0.1, 0.15) is 11.6 Å². The van der Waals surface area contributed by atoms with E-state index in [9.17, 15) is 4.39 Å². The van der Waals surface area contributed by atoms with Crippen molar-refractivity contribution < 1.29 is 9.13 Å². The van der Waals surface area contributed by atoms with E-state index in [0.29, 0.717) is 12.4 Å². The summed E-state index contributed by atoms with van der Waals surface area (Å²) in [5.41, 5.74) is 6.62. The second-order valence-corrected chi connectivity index (χ2v) is 3.67. The van der Waals surface area contributed by atoms with Crippen LogP contribution >= 0.6 is 0 Å². The fourth-order valence-electron chi connectivity index (χ4n) is 1.34. The highest BCUT2D eigenvalue weighted by atomic mass is 19.1. The van der Waals surface area contributed by atoms with Gasteiger partial charge in [-0.3, -0.25) is 0 Å². The van der Waals surface area contributed by atoms with E-state index in [4.69, 9.17) is 10.5 Å². The second-order valence-electron chi connectivity index (χ2n) is 3.67. The molecule has 0 heterocycles. The first-order chi connectivity index (χ1) is 7.15. The molecule has 0 aliphatic rings. The Morgan fingerprint density at radius 1 is 1.47 bits per heavy atom. The molecule has 1 rings (SSSR count). The lowest BCUT2D eigenvalue weighted by atomic mass is 10.1. The summed E-state index contributed by atoms with van der Waals surface area (Å²) in [6, 6.07) is 4.35. The Hall–Kier alpha value is -1.09. The lowest BCUT2D eigenvalue weighted by Gasteiger charge is -2.13. The molecule has 0 aliphatic heterocycles. The maximum atomic E-state index is 13.0. The zero-order valence-corrected chi connectivity index (χ0v) is 9.29. The second kappa shape index (κ2) is 5.71. The molecule has 1 atom stereocenters. The highest BCUT2D eigenvalue weighted by Gasteiger charge is 2.08. The number of rotatable bonds is 5. The molecule has 2 nitrogen and oxygen atoms in total. The molecular weight excluding hydrogens is 193 g/mol. The van der Waals surface area contributed by atoms with Crippen LogP contribution < -0.4 is 10.5 Å². The predicted octanol–water partition coefficient (Wildman–Crippen LogP) is 3.02. The predicted molar refractivity (Wildman–Crippen MR) is 59.4 cm³/mol. The monoisotopic (exact) mass is 211 g/mol. The van der Waals surface area contributed by atoms with Crippen LogP contribution in [0.5, 0.6) is 5.75 Å². The lowest BCUT2D eigenvalue weighted by Crippen LogP contribution is -2.09. The van der Waals surface area contributed by atoms with E-state index >= 15 is 0 Å². The summed E-state index contributed by atoms with van der Waals surface area (Å²) in [6.07, 6.45) is 2.03. The zero-order valence-electron chi connectivity index (χ0n) is 9.29. The smallest absolute Gasteiger partial charge is 0.126 e. The van der Waals surface area contributed by atoms with Gasteiger partial charge in [0.15, 0.2) is 0 Å². The molecule has 0 amide bonds. The maximum absolute atomic E-state index is 13.0. The van der Waals surface area contributed by atoms with E-state index in [2.05, 4.69) is 6.92 Å². The zero-order chi connectivity index (χ0) is 11.3. The average Bonchev–Trinajstić information content (AvgIpc) is 2.18. The number of hydrogen-bond acceptors (Lipinski definition) is 2. The number of unbranched alkanes of at least 4 members (excludes halogenated alkanes) is 1. The van der Waals surface area contributed by atoms with Gasteiger partial charge in [-0.1, -0.05) is 19.4 Å². The average molecular weight is 211 g/mol. The molecule has 2 N–H and O–H groups in total. The molecule has 0 saturated heterocycles. The fraction of sp³-hybridized carbons (Fsp3) is 0.500. The molecule has 1 aromatic carbocycles. The van der Waals surface area contributed by atoms with Crippen LogP contribution in [-0.4, -0.2) is 6.61 Å². The van der Waals surface area contributed by atoms with Crippen molar-refractivity contribution in [2.45, 2.75) is 32.7 Å². The Morgan fingerprint density at radius 2 is 2.20 bits per heavy atom. The van der Waals surface area contributed by atoms with Crippen molar-refractivity contribution in [1.82, 2.24) is 0 Å². The normalized spacial score (nSPS) is 12.5. The Bertz CT molecular complexity index is 312. The summed E-state index contributed by atoms with van der Waals surface area (Å²) in [7, 11) is 0. The molecule has 1 aromatic rings. The van der Waals surface area contributed by atoms with Crippen molar-refractivity contribution in [2.24, 2.45) is 5.73 Å². The molecule has 0 aromatic heterocycles.